The van der Waals surface area contributed by atoms with E-state index in [2.05, 4.69) is 29.8 Å². The zero-order valence-corrected chi connectivity index (χ0v) is 19.4. The number of aromatic nitrogens is 3. The van der Waals surface area contributed by atoms with Gasteiger partial charge in [-0.05, 0) is 60.5 Å². The van der Waals surface area contributed by atoms with Gasteiger partial charge in [0.05, 0.1) is 17.3 Å². The topological polar surface area (TPSA) is 186 Å². The van der Waals surface area contributed by atoms with Gasteiger partial charge in [-0.25, -0.2) is 12.6 Å². The monoisotopic (exact) mass is 514 g/mol. The maximum atomic E-state index is 12.3. The molecule has 3 aromatic rings. The predicted octanol–water partition coefficient (Wildman–Crippen LogP) is 2.50. The summed E-state index contributed by atoms with van der Waals surface area (Å²) in [4.78, 5) is 12.2. The van der Waals surface area contributed by atoms with Gasteiger partial charge >= 0.3 is 10.4 Å². The maximum Gasteiger partial charge on any atom is 0.397 e. The molecule has 0 aliphatic carbocycles. The first-order valence-corrected chi connectivity index (χ1v) is 12.6. The first kappa shape index (κ1) is 24.6. The molecule has 0 saturated heterocycles. The van der Waals surface area contributed by atoms with Crippen molar-refractivity contribution in [3.05, 3.63) is 53.3 Å². The van der Waals surface area contributed by atoms with Crippen LogP contribution < -0.4 is 16.4 Å². The Morgan fingerprint density at radius 3 is 2.12 bits per heavy atom. The zero-order valence-electron chi connectivity index (χ0n) is 17.1. The number of halogens is 1. The van der Waals surface area contributed by atoms with Crippen LogP contribution in [0.5, 0.6) is 0 Å². The normalized spacial score (nSPS) is 11.8. The molecule has 0 spiro atoms. The van der Waals surface area contributed by atoms with Gasteiger partial charge in [0.15, 0.2) is 9.84 Å². The van der Waals surface area contributed by atoms with Gasteiger partial charge in [0, 0.05) is 17.1 Å². The van der Waals surface area contributed by atoms with Gasteiger partial charge in [0.2, 0.25) is 17.2 Å². The molecule has 15 heteroatoms. The Morgan fingerprint density at radius 1 is 0.970 bits per heavy atom. The first-order valence-electron chi connectivity index (χ1n) is 9.18. The van der Waals surface area contributed by atoms with E-state index in [4.69, 9.17) is 21.9 Å². The number of hydrogen-bond acceptors (Lipinski definition) is 11. The fraction of sp³-hybridized carbons (Fsp3) is 0.167. The zero-order chi connectivity index (χ0) is 24.2. The molecule has 33 heavy (non-hydrogen) atoms. The number of nitrogens with one attached hydrogen (secondary N) is 2. The molecule has 0 amide bonds. The highest BCUT2D eigenvalue weighted by Crippen LogP contribution is 2.22. The Bertz CT molecular complexity index is 1370. The van der Waals surface area contributed by atoms with Crippen LogP contribution in [-0.4, -0.2) is 48.7 Å². The maximum absolute atomic E-state index is 12.3. The first-order chi connectivity index (χ1) is 15.4. The summed E-state index contributed by atoms with van der Waals surface area (Å²) in [5.41, 5.74) is 8.53. The molecule has 0 unspecified atom stereocenters. The number of nitrogen functional groups attached to an aromatic ring is 1. The third-order valence-electron chi connectivity index (χ3n) is 4.20. The summed E-state index contributed by atoms with van der Waals surface area (Å²) in [6, 6.07) is 10.9. The van der Waals surface area contributed by atoms with Crippen molar-refractivity contribution >= 4 is 60.8 Å². The molecule has 0 bridgehead atoms. The van der Waals surface area contributed by atoms with Crippen molar-refractivity contribution in [3.8, 4) is 0 Å². The second kappa shape index (κ2) is 9.84. The van der Waals surface area contributed by atoms with Gasteiger partial charge in [-0.1, -0.05) is 6.07 Å². The van der Waals surface area contributed by atoms with Crippen LogP contribution in [0.15, 0.2) is 47.4 Å². The van der Waals surface area contributed by atoms with E-state index in [0.717, 1.165) is 5.56 Å². The van der Waals surface area contributed by atoms with E-state index in [1.165, 1.54) is 24.3 Å². The van der Waals surface area contributed by atoms with Gasteiger partial charge < -0.3 is 16.4 Å². The lowest BCUT2D eigenvalue weighted by Gasteiger charge is -2.10. The molecule has 0 fully saturated rings. The van der Waals surface area contributed by atoms with Crippen molar-refractivity contribution in [1.29, 1.82) is 0 Å². The largest absolute Gasteiger partial charge is 0.398 e. The molecule has 0 aliphatic heterocycles. The molecule has 1 heterocycles. The van der Waals surface area contributed by atoms with E-state index in [1.807, 2.05) is 13.0 Å². The van der Waals surface area contributed by atoms with Crippen molar-refractivity contribution in [2.75, 3.05) is 28.7 Å². The van der Waals surface area contributed by atoms with Gasteiger partial charge in [0.1, 0.15) is 0 Å². The summed E-state index contributed by atoms with van der Waals surface area (Å²) in [7, 11) is -8.55. The minimum Gasteiger partial charge on any atom is -0.398 e. The molecular formula is C18H19ClN6O6S2. The minimum atomic E-state index is -4.72. The molecule has 0 atom stereocenters. The van der Waals surface area contributed by atoms with Crippen molar-refractivity contribution in [2.24, 2.45) is 0 Å². The number of hydrogen-bond donors (Lipinski definition) is 4. The molecule has 12 nitrogen and oxygen atoms in total. The summed E-state index contributed by atoms with van der Waals surface area (Å²) in [5, 5.41) is 5.79. The second-order valence-corrected chi connectivity index (χ2v) is 10.2. The van der Waals surface area contributed by atoms with E-state index in [9.17, 15) is 16.8 Å². The average Bonchev–Trinajstić information content (AvgIpc) is 2.69. The van der Waals surface area contributed by atoms with Gasteiger partial charge in [0.25, 0.3) is 0 Å². The summed E-state index contributed by atoms with van der Waals surface area (Å²) in [6.45, 7) is 1.16. The Balaban J connectivity index is 1.71. The SMILES string of the molecule is Cc1ccc(Nc2nc(Cl)nc(Nc3ccc(S(=O)(=O)CCOS(=O)(=O)O)cc3)n2)cc1N. The lowest BCUT2D eigenvalue weighted by atomic mass is 10.2. The number of rotatable bonds is 9. The predicted molar refractivity (Wildman–Crippen MR) is 123 cm³/mol. The van der Waals surface area contributed by atoms with Crippen molar-refractivity contribution in [2.45, 2.75) is 11.8 Å². The number of nitrogens with two attached hydrogens (primary N) is 1. The van der Waals surface area contributed by atoms with Crippen molar-refractivity contribution < 1.29 is 25.6 Å². The third-order valence-corrected chi connectivity index (χ3v) is 6.53. The van der Waals surface area contributed by atoms with Crippen LogP contribution in [-0.2, 0) is 24.4 Å². The van der Waals surface area contributed by atoms with Crippen LogP contribution in [0.1, 0.15) is 5.56 Å². The number of nitrogens with zero attached hydrogens (tertiary/aromatic N) is 3. The lowest BCUT2D eigenvalue weighted by molar-refractivity contribution is 0.284. The van der Waals surface area contributed by atoms with Crippen LogP contribution in [0.4, 0.5) is 29.0 Å². The third kappa shape index (κ3) is 7.23. The molecule has 1 aromatic heterocycles. The van der Waals surface area contributed by atoms with E-state index in [0.29, 0.717) is 17.1 Å². The van der Waals surface area contributed by atoms with Crippen LogP contribution in [0.3, 0.4) is 0 Å². The number of aryl methyl sites for hydroxylation is 1. The molecule has 0 saturated carbocycles. The van der Waals surface area contributed by atoms with Gasteiger partial charge in [-0.3, -0.25) is 4.55 Å². The summed E-state index contributed by atoms with van der Waals surface area (Å²) >= 11 is 5.99. The molecule has 0 radical (unpaired) electrons. The Labute approximate surface area is 195 Å². The lowest BCUT2D eigenvalue weighted by Crippen LogP contribution is -2.15. The molecule has 5 N–H and O–H groups in total. The fourth-order valence-corrected chi connectivity index (χ4v) is 4.20. The van der Waals surface area contributed by atoms with E-state index >= 15 is 0 Å². The quantitative estimate of drug-likeness (QED) is 0.241. The van der Waals surface area contributed by atoms with Crippen molar-refractivity contribution in [3.63, 3.8) is 0 Å². The number of anilines is 5. The Kier molecular flexibility index (Phi) is 7.34. The highest BCUT2D eigenvalue weighted by atomic mass is 35.5. The fourth-order valence-electron chi connectivity index (χ4n) is 2.55. The van der Waals surface area contributed by atoms with Gasteiger partial charge in [-0.15, -0.1) is 0 Å². The summed E-state index contributed by atoms with van der Waals surface area (Å²) < 4.78 is 58.2. The average molecular weight is 515 g/mol. The van der Waals surface area contributed by atoms with Crippen LogP contribution in [0, 0.1) is 6.92 Å². The van der Waals surface area contributed by atoms with E-state index in [1.54, 1.807) is 12.1 Å². The van der Waals surface area contributed by atoms with Crippen molar-refractivity contribution in [1.82, 2.24) is 15.0 Å². The smallest absolute Gasteiger partial charge is 0.397 e. The summed E-state index contributed by atoms with van der Waals surface area (Å²) in [5.74, 6) is -0.366. The molecule has 3 rings (SSSR count). The Morgan fingerprint density at radius 2 is 1.55 bits per heavy atom. The van der Waals surface area contributed by atoms with Crippen LogP contribution >= 0.6 is 11.6 Å². The van der Waals surface area contributed by atoms with Crippen LogP contribution in [0.2, 0.25) is 5.28 Å². The second-order valence-electron chi connectivity index (χ2n) is 6.67. The molecular weight excluding hydrogens is 496 g/mol. The van der Waals surface area contributed by atoms with Crippen LogP contribution in [0.25, 0.3) is 0 Å². The summed E-state index contributed by atoms with van der Waals surface area (Å²) in [6.07, 6.45) is 0. The highest BCUT2D eigenvalue weighted by Gasteiger charge is 2.16. The molecule has 176 valence electrons. The van der Waals surface area contributed by atoms with Gasteiger partial charge in [-0.2, -0.15) is 23.4 Å². The molecule has 2 aromatic carbocycles. The minimum absolute atomic E-state index is 0.0695. The highest BCUT2D eigenvalue weighted by molar-refractivity contribution is 7.91. The standard InChI is InChI=1S/C18H19ClN6O6S2/c1-11-2-3-13(10-15(11)20)22-18-24-16(19)23-17(25-18)21-12-4-6-14(7-5-12)32(26,27)9-8-31-33(28,29)30/h2-7,10H,8-9,20H2,1H3,(H,28,29,30)(H2,21,22,23,24,25). The Hall–Kier alpha value is -3.04. The number of sulfone groups is 1. The van der Waals surface area contributed by atoms with E-state index < -0.39 is 32.6 Å². The van der Waals surface area contributed by atoms with E-state index in [-0.39, 0.29) is 22.1 Å². The molecule has 0 aliphatic rings. The number of benzene rings is 2.